The molecule has 1 aliphatic heterocycles. The molecule has 1 saturated heterocycles. The maximum Gasteiger partial charge on any atom is 0.273 e. The highest BCUT2D eigenvalue weighted by Gasteiger charge is 2.31. The lowest BCUT2D eigenvalue weighted by molar-refractivity contribution is 0.0730. The van der Waals surface area contributed by atoms with Crippen molar-refractivity contribution < 1.29 is 9.18 Å². The Labute approximate surface area is 114 Å². The number of rotatable bonds is 2. The molecule has 2 aromatic heterocycles. The molecule has 0 N–H and O–H groups in total. The standard InChI is InChI=1S/C14H13FN2OS/c15-13-7-1-4-10(16-13)14(18)17-8-2-5-11(17)12-6-3-9-19-12/h1,3-4,6-7,9,11H,2,5,8H2. The number of halogens is 1. The van der Waals surface area contributed by atoms with E-state index in [0.29, 0.717) is 6.54 Å². The molecule has 0 bridgehead atoms. The number of nitrogens with zero attached hydrogens (tertiary/aromatic N) is 2. The number of pyridine rings is 1. The Hall–Kier alpha value is -1.75. The highest BCUT2D eigenvalue weighted by atomic mass is 32.1. The predicted octanol–water partition coefficient (Wildman–Crippen LogP) is 3.26. The molecule has 2 aromatic rings. The minimum absolute atomic E-state index is 0.109. The second-order valence-electron chi connectivity index (χ2n) is 4.52. The first-order valence-corrected chi connectivity index (χ1v) is 7.10. The van der Waals surface area contributed by atoms with Crippen LogP contribution in [0.15, 0.2) is 35.7 Å². The van der Waals surface area contributed by atoms with Crippen molar-refractivity contribution in [2.24, 2.45) is 0 Å². The minimum atomic E-state index is -0.613. The molecule has 0 saturated carbocycles. The minimum Gasteiger partial charge on any atom is -0.329 e. The lowest BCUT2D eigenvalue weighted by Crippen LogP contribution is -2.30. The van der Waals surface area contributed by atoms with Crippen molar-refractivity contribution in [3.8, 4) is 0 Å². The number of thiophene rings is 1. The Morgan fingerprint density at radius 1 is 1.37 bits per heavy atom. The van der Waals surface area contributed by atoms with E-state index in [1.807, 2.05) is 17.5 Å². The summed E-state index contributed by atoms with van der Waals surface area (Å²) in [6, 6.07) is 8.47. The van der Waals surface area contributed by atoms with Crippen LogP contribution in [0.25, 0.3) is 0 Å². The average Bonchev–Trinajstić information content (AvgIpc) is 3.08. The molecule has 19 heavy (non-hydrogen) atoms. The summed E-state index contributed by atoms with van der Waals surface area (Å²) < 4.78 is 13.1. The van der Waals surface area contributed by atoms with Crippen LogP contribution in [-0.4, -0.2) is 22.3 Å². The molecule has 0 radical (unpaired) electrons. The summed E-state index contributed by atoms with van der Waals surface area (Å²) >= 11 is 1.65. The van der Waals surface area contributed by atoms with E-state index in [1.165, 1.54) is 17.0 Å². The Kier molecular flexibility index (Phi) is 3.29. The lowest BCUT2D eigenvalue weighted by atomic mass is 10.2. The smallest absolute Gasteiger partial charge is 0.273 e. The third-order valence-corrected chi connectivity index (χ3v) is 4.29. The zero-order valence-corrected chi connectivity index (χ0v) is 11.1. The summed E-state index contributed by atoms with van der Waals surface area (Å²) in [6.45, 7) is 0.708. The van der Waals surface area contributed by atoms with Gasteiger partial charge in [0.2, 0.25) is 5.95 Å². The molecule has 0 spiro atoms. The summed E-state index contributed by atoms with van der Waals surface area (Å²) in [5.41, 5.74) is 0.184. The fourth-order valence-corrected chi connectivity index (χ4v) is 3.33. The number of carbonyl (C=O) groups is 1. The van der Waals surface area contributed by atoms with E-state index in [9.17, 15) is 9.18 Å². The first-order chi connectivity index (χ1) is 9.25. The molecule has 1 aliphatic rings. The zero-order valence-electron chi connectivity index (χ0n) is 10.3. The van der Waals surface area contributed by atoms with E-state index in [4.69, 9.17) is 0 Å². The number of hydrogen-bond acceptors (Lipinski definition) is 3. The zero-order chi connectivity index (χ0) is 13.2. The number of amides is 1. The van der Waals surface area contributed by atoms with Crippen LogP contribution < -0.4 is 0 Å². The maximum atomic E-state index is 13.1. The Morgan fingerprint density at radius 2 is 2.26 bits per heavy atom. The maximum absolute atomic E-state index is 13.1. The van der Waals surface area contributed by atoms with E-state index in [-0.39, 0.29) is 17.6 Å². The number of hydrogen-bond donors (Lipinski definition) is 0. The van der Waals surface area contributed by atoms with Crippen LogP contribution in [0.5, 0.6) is 0 Å². The quantitative estimate of drug-likeness (QED) is 0.789. The van der Waals surface area contributed by atoms with Crippen LogP contribution in [0, 0.1) is 5.95 Å². The average molecular weight is 276 g/mol. The molecular weight excluding hydrogens is 263 g/mol. The molecule has 3 nitrogen and oxygen atoms in total. The van der Waals surface area contributed by atoms with Gasteiger partial charge in [-0.3, -0.25) is 4.79 Å². The molecule has 1 unspecified atom stereocenters. The number of aromatic nitrogens is 1. The van der Waals surface area contributed by atoms with Gasteiger partial charge >= 0.3 is 0 Å². The largest absolute Gasteiger partial charge is 0.329 e. The molecule has 98 valence electrons. The third-order valence-electron chi connectivity index (χ3n) is 3.32. The predicted molar refractivity (Wildman–Crippen MR) is 71.5 cm³/mol. The van der Waals surface area contributed by atoms with Gasteiger partial charge in [0.25, 0.3) is 5.91 Å². The van der Waals surface area contributed by atoms with Gasteiger partial charge in [-0.2, -0.15) is 4.39 Å². The highest BCUT2D eigenvalue weighted by molar-refractivity contribution is 7.10. The van der Waals surface area contributed by atoms with E-state index in [1.54, 1.807) is 22.3 Å². The van der Waals surface area contributed by atoms with Crippen molar-refractivity contribution in [1.29, 1.82) is 0 Å². The highest BCUT2D eigenvalue weighted by Crippen LogP contribution is 2.35. The summed E-state index contributed by atoms with van der Waals surface area (Å²) in [4.78, 5) is 19.1. The van der Waals surface area contributed by atoms with E-state index >= 15 is 0 Å². The Bertz CT molecular complexity index is 585. The summed E-state index contributed by atoms with van der Waals surface area (Å²) in [7, 11) is 0. The van der Waals surface area contributed by atoms with E-state index in [0.717, 1.165) is 12.8 Å². The van der Waals surface area contributed by atoms with Gasteiger partial charge in [-0.25, -0.2) is 4.98 Å². The van der Waals surface area contributed by atoms with Gasteiger partial charge in [-0.15, -0.1) is 11.3 Å². The SMILES string of the molecule is O=C(c1cccc(F)n1)N1CCCC1c1cccs1. The fraction of sp³-hybridized carbons (Fsp3) is 0.286. The van der Waals surface area contributed by atoms with Crippen molar-refractivity contribution in [1.82, 2.24) is 9.88 Å². The van der Waals surface area contributed by atoms with Crippen molar-refractivity contribution >= 4 is 17.2 Å². The number of carbonyl (C=O) groups excluding carboxylic acids is 1. The fourth-order valence-electron chi connectivity index (χ4n) is 2.46. The second kappa shape index (κ2) is 5.09. The van der Waals surface area contributed by atoms with Crippen LogP contribution in [0.1, 0.15) is 34.2 Å². The van der Waals surface area contributed by atoms with Gasteiger partial charge in [0.15, 0.2) is 0 Å². The first kappa shape index (κ1) is 12.3. The third kappa shape index (κ3) is 2.38. The normalized spacial score (nSPS) is 18.8. The summed E-state index contributed by atoms with van der Waals surface area (Å²) in [5, 5.41) is 2.01. The number of likely N-dealkylation sites (tertiary alicyclic amines) is 1. The second-order valence-corrected chi connectivity index (χ2v) is 5.50. The molecule has 0 aliphatic carbocycles. The molecule has 1 fully saturated rings. The topological polar surface area (TPSA) is 33.2 Å². The van der Waals surface area contributed by atoms with Crippen LogP contribution in [0.4, 0.5) is 4.39 Å². The summed E-state index contributed by atoms with van der Waals surface area (Å²) in [5.74, 6) is -0.798. The molecule has 0 aromatic carbocycles. The lowest BCUT2D eigenvalue weighted by Gasteiger charge is -2.23. The van der Waals surface area contributed by atoms with Gasteiger partial charge in [0.1, 0.15) is 5.69 Å². The van der Waals surface area contributed by atoms with Crippen molar-refractivity contribution in [3.05, 3.63) is 52.2 Å². The first-order valence-electron chi connectivity index (χ1n) is 6.22. The summed E-state index contributed by atoms with van der Waals surface area (Å²) in [6.07, 6.45) is 1.94. The van der Waals surface area contributed by atoms with Crippen molar-refractivity contribution in [3.63, 3.8) is 0 Å². The van der Waals surface area contributed by atoms with Crippen LogP contribution >= 0.6 is 11.3 Å². The molecule has 1 amide bonds. The molecule has 3 rings (SSSR count). The van der Waals surface area contributed by atoms with Gasteiger partial charge in [0, 0.05) is 11.4 Å². The Balaban J connectivity index is 1.87. The van der Waals surface area contributed by atoms with Crippen molar-refractivity contribution in [2.45, 2.75) is 18.9 Å². The molecule has 1 atom stereocenters. The molecule has 5 heteroatoms. The van der Waals surface area contributed by atoms with E-state index in [2.05, 4.69) is 4.98 Å². The van der Waals surface area contributed by atoms with Crippen LogP contribution in [0.3, 0.4) is 0 Å². The van der Waals surface area contributed by atoms with Crippen LogP contribution in [-0.2, 0) is 0 Å². The van der Waals surface area contributed by atoms with E-state index < -0.39 is 5.95 Å². The van der Waals surface area contributed by atoms with Crippen LogP contribution in [0.2, 0.25) is 0 Å². The van der Waals surface area contributed by atoms with Gasteiger partial charge in [-0.1, -0.05) is 12.1 Å². The monoisotopic (exact) mass is 276 g/mol. The Morgan fingerprint density at radius 3 is 3.00 bits per heavy atom. The van der Waals surface area contributed by atoms with Gasteiger partial charge in [-0.05, 0) is 36.4 Å². The molecule has 3 heterocycles. The molecular formula is C14H13FN2OS. The van der Waals surface area contributed by atoms with Gasteiger partial charge in [0.05, 0.1) is 6.04 Å². The van der Waals surface area contributed by atoms with Crippen molar-refractivity contribution in [2.75, 3.05) is 6.54 Å². The van der Waals surface area contributed by atoms with Gasteiger partial charge < -0.3 is 4.90 Å².